The maximum absolute atomic E-state index is 5.78. The molecule has 2 aliphatic carbocycles. The molecular formula is C116H100O2S2. The van der Waals surface area contributed by atoms with Crippen LogP contribution in [0, 0.1) is 55.4 Å². The normalized spacial score (nSPS) is 12.1. The molecule has 4 heterocycles. The lowest BCUT2D eigenvalue weighted by molar-refractivity contribution is 0.659. The zero-order chi connectivity index (χ0) is 83.0. The molecule has 2 aliphatic rings. The summed E-state index contributed by atoms with van der Waals surface area (Å²) >= 11 is 3.76. The number of rotatable bonds is 3. The van der Waals surface area contributed by atoms with E-state index >= 15 is 0 Å². The Balaban J connectivity index is 0.000000102. The zero-order valence-electron chi connectivity index (χ0n) is 70.6. The van der Waals surface area contributed by atoms with Gasteiger partial charge in [-0.05, 0) is 205 Å². The molecule has 0 bridgehead atoms. The first-order valence-corrected chi connectivity index (χ1v) is 43.2. The van der Waals surface area contributed by atoms with Gasteiger partial charge in [0.2, 0.25) is 0 Å². The Kier molecular flexibility index (Phi) is 23.9. The van der Waals surface area contributed by atoms with Crippen LogP contribution in [0.1, 0.15) is 94.5 Å². The van der Waals surface area contributed by atoms with Gasteiger partial charge in [0, 0.05) is 72.7 Å². The number of benzene rings is 17. The van der Waals surface area contributed by atoms with Gasteiger partial charge in [0.15, 0.2) is 0 Å². The maximum Gasteiger partial charge on any atom is 0.138 e. The second-order valence-electron chi connectivity index (χ2n) is 32.8. The van der Waals surface area contributed by atoms with Crippen molar-refractivity contribution in [2.45, 2.75) is 93.9 Å². The van der Waals surface area contributed by atoms with Crippen LogP contribution in [0.15, 0.2) is 397 Å². The van der Waals surface area contributed by atoms with Gasteiger partial charge in [0.05, 0.1) is 0 Å². The molecule has 2 nitrogen and oxygen atoms in total. The molecule has 4 aromatic heterocycles. The Morgan fingerprint density at radius 3 is 1.23 bits per heavy atom. The monoisotopic (exact) mass is 1590 g/mol. The van der Waals surface area contributed by atoms with Crippen molar-refractivity contribution in [3.05, 3.63) is 455 Å². The van der Waals surface area contributed by atoms with Gasteiger partial charge in [-0.1, -0.05) is 389 Å². The van der Waals surface area contributed by atoms with Crippen LogP contribution in [0.25, 0.3) is 140 Å². The van der Waals surface area contributed by atoms with Gasteiger partial charge in [-0.2, -0.15) is 0 Å². The van der Waals surface area contributed by atoms with Crippen LogP contribution in [-0.4, -0.2) is 0 Å². The maximum atomic E-state index is 5.78. The van der Waals surface area contributed by atoms with Gasteiger partial charge in [0.1, 0.15) is 22.3 Å². The number of fused-ring (bicyclic) bond motifs is 18. The smallest absolute Gasteiger partial charge is 0.138 e. The fourth-order valence-corrected chi connectivity index (χ4v) is 19.2. The van der Waals surface area contributed by atoms with Gasteiger partial charge >= 0.3 is 0 Å². The first-order valence-electron chi connectivity index (χ1n) is 41.6. The molecule has 0 spiro atoms. The Morgan fingerprint density at radius 1 is 0.200 bits per heavy atom. The first-order chi connectivity index (χ1) is 58.3. The minimum Gasteiger partial charge on any atom is -0.456 e. The third kappa shape index (κ3) is 17.4. The van der Waals surface area contributed by atoms with Crippen molar-refractivity contribution in [2.75, 3.05) is 0 Å². The predicted molar refractivity (Wildman–Crippen MR) is 521 cm³/mol. The summed E-state index contributed by atoms with van der Waals surface area (Å²) in [6, 6.07) is 137. The van der Waals surface area contributed by atoms with Crippen LogP contribution in [0.2, 0.25) is 0 Å². The lowest BCUT2D eigenvalue weighted by Crippen LogP contribution is -2.14. The van der Waals surface area contributed by atoms with E-state index in [4.69, 9.17) is 8.83 Å². The number of para-hydroxylation sites is 3. The Labute approximate surface area is 715 Å². The average Bonchev–Trinajstić information content (AvgIpc) is 1.58. The van der Waals surface area contributed by atoms with E-state index in [2.05, 4.69) is 423 Å². The largest absolute Gasteiger partial charge is 0.456 e. The van der Waals surface area contributed by atoms with Crippen molar-refractivity contribution in [2.24, 2.45) is 0 Å². The molecule has 0 amide bonds. The Morgan fingerprint density at radius 2 is 0.592 bits per heavy atom. The lowest BCUT2D eigenvalue weighted by Gasteiger charge is -2.21. The number of furan rings is 2. The predicted octanol–water partition coefficient (Wildman–Crippen LogP) is 34.1. The molecule has 0 aliphatic heterocycles. The molecule has 0 atom stereocenters. The average molecular weight is 1590 g/mol. The van der Waals surface area contributed by atoms with Crippen molar-refractivity contribution in [1.82, 2.24) is 0 Å². The van der Waals surface area contributed by atoms with Crippen molar-refractivity contribution in [3.8, 4) is 55.6 Å². The van der Waals surface area contributed by atoms with E-state index in [0.717, 1.165) is 22.3 Å². The minimum atomic E-state index is 0.151. The van der Waals surface area contributed by atoms with Gasteiger partial charge < -0.3 is 8.83 Å². The zero-order valence-corrected chi connectivity index (χ0v) is 72.2. The van der Waals surface area contributed by atoms with Crippen LogP contribution in [-0.2, 0) is 10.8 Å². The van der Waals surface area contributed by atoms with E-state index in [1.165, 1.54) is 184 Å². The van der Waals surface area contributed by atoms with Crippen LogP contribution < -0.4 is 0 Å². The fraction of sp³-hybridized carbons (Fsp3) is 0.121. The van der Waals surface area contributed by atoms with Crippen molar-refractivity contribution in [3.63, 3.8) is 0 Å². The van der Waals surface area contributed by atoms with Crippen LogP contribution in [0.4, 0.5) is 0 Å². The molecule has 0 radical (unpaired) electrons. The summed E-state index contributed by atoms with van der Waals surface area (Å²) in [6.07, 6.45) is 0. The summed E-state index contributed by atoms with van der Waals surface area (Å²) in [5, 5.41) is 10.4. The van der Waals surface area contributed by atoms with Gasteiger partial charge in [-0.3, -0.25) is 0 Å². The van der Waals surface area contributed by atoms with E-state index in [1.807, 2.05) is 71.2 Å². The Hall–Kier alpha value is -13.2. The number of hydrogen-bond donors (Lipinski definition) is 0. The van der Waals surface area contributed by atoms with Crippen molar-refractivity contribution in [1.29, 1.82) is 0 Å². The van der Waals surface area contributed by atoms with E-state index in [0.29, 0.717) is 0 Å². The standard InChI is InChI=1S/C19H16.2C16H16.2C13H10O.2C13H10S.C13H12/c1-15-12-18(16-8-4-2-5-9-16)14-19(13-15)17-10-6-3-7-11-17;1-11-8-9-15-13(10-11)12-6-4-5-7-14(12)16(15,2)3;1-11-8-9-13-12-6-4-5-7-14(12)16(2,3)15(13)10-11;1-9-5-4-7-11-10-6-2-3-8-12(10)14-13(9)11;1-9-6-7-13-11(8-9)10-4-2-3-5-12(10)14-13;1-9-5-4-7-11-10-6-2-3-8-12(10)14-13(9)11;1-9-6-7-13-11(8-9)10-4-2-3-5-12(10)14-13;1-11-6-5-9-13(10-11)12-7-3-2-4-8-12/h2-14H,1H3;2*4-10H,1-3H3;4*2-8H,1H3;2-10H,1H3. The van der Waals surface area contributed by atoms with Crippen LogP contribution in [0.5, 0.6) is 0 Å². The van der Waals surface area contributed by atoms with E-state index in [9.17, 15) is 0 Å². The molecule has 0 saturated heterocycles. The molecule has 120 heavy (non-hydrogen) atoms. The van der Waals surface area contributed by atoms with Crippen LogP contribution in [0.3, 0.4) is 0 Å². The van der Waals surface area contributed by atoms with Crippen LogP contribution >= 0.6 is 22.7 Å². The molecule has 4 heteroatoms. The SMILES string of the molecule is Cc1cc(-c2ccccc2)cc(-c2ccccc2)c1.Cc1ccc2c(c1)-c1ccccc1C2(C)C.Cc1ccc2c(c1)C(C)(C)c1ccccc1-2.Cc1ccc2oc3ccccc3c2c1.Cc1ccc2sc3ccccc3c2c1.Cc1cccc(-c2ccccc2)c1.Cc1cccc2c1oc1ccccc12.Cc1cccc2c1sc1ccccc12. The second-order valence-corrected chi connectivity index (χ2v) is 34.9. The van der Waals surface area contributed by atoms with Crippen molar-refractivity contribution < 1.29 is 8.83 Å². The summed E-state index contributed by atoms with van der Waals surface area (Å²) in [4.78, 5) is 0. The number of hydrogen-bond acceptors (Lipinski definition) is 4. The van der Waals surface area contributed by atoms with Gasteiger partial charge in [-0.15, -0.1) is 22.7 Å². The summed E-state index contributed by atoms with van der Waals surface area (Å²) in [6.45, 7) is 26.3. The highest BCUT2D eigenvalue weighted by Crippen LogP contribution is 2.50. The molecule has 0 fully saturated rings. The van der Waals surface area contributed by atoms with Gasteiger partial charge in [0.25, 0.3) is 0 Å². The van der Waals surface area contributed by atoms with Crippen molar-refractivity contribution >= 4 is 107 Å². The molecule has 0 N–H and O–H groups in total. The summed E-state index contributed by atoms with van der Waals surface area (Å²) in [5.41, 5.74) is 33.8. The Bertz CT molecular complexity index is 6880. The quantitative estimate of drug-likeness (QED) is 0.176. The molecule has 17 aromatic carbocycles. The topological polar surface area (TPSA) is 26.3 Å². The number of thiophene rings is 2. The van der Waals surface area contributed by atoms with E-state index in [1.54, 1.807) is 0 Å². The fourth-order valence-electron chi connectivity index (χ4n) is 16.9. The molecule has 588 valence electrons. The highest BCUT2D eigenvalue weighted by Gasteiger charge is 2.36. The summed E-state index contributed by atoms with van der Waals surface area (Å²) < 4.78 is 17.1. The molecule has 0 saturated carbocycles. The van der Waals surface area contributed by atoms with Gasteiger partial charge in [-0.25, -0.2) is 0 Å². The van der Waals surface area contributed by atoms with E-state index < -0.39 is 0 Å². The highest BCUT2D eigenvalue weighted by atomic mass is 32.1. The summed E-state index contributed by atoms with van der Waals surface area (Å²) in [5.74, 6) is 0. The first kappa shape index (κ1) is 80.6. The lowest BCUT2D eigenvalue weighted by atomic mass is 9.82. The highest BCUT2D eigenvalue weighted by molar-refractivity contribution is 7.26. The third-order valence-electron chi connectivity index (χ3n) is 23.2. The molecule has 23 rings (SSSR count). The second kappa shape index (κ2) is 35.5. The summed E-state index contributed by atoms with van der Waals surface area (Å²) in [7, 11) is 0. The molecule has 21 aromatic rings. The number of aryl methyl sites for hydroxylation is 8. The molecule has 0 unspecified atom stereocenters. The minimum absolute atomic E-state index is 0.151. The molecular weight excluding hydrogens is 1490 g/mol. The van der Waals surface area contributed by atoms with E-state index in [-0.39, 0.29) is 10.8 Å². The third-order valence-corrected chi connectivity index (χ3v) is 25.6.